The van der Waals surface area contributed by atoms with Crippen molar-refractivity contribution in [2.45, 2.75) is 76.7 Å². The minimum absolute atomic E-state index is 0.0311. The van der Waals surface area contributed by atoms with E-state index in [2.05, 4.69) is 0 Å². The molecular weight excluding hydrogens is 326 g/mol. The highest BCUT2D eigenvalue weighted by molar-refractivity contribution is 5.72. The molecule has 0 unspecified atom stereocenters. The van der Waals surface area contributed by atoms with Crippen LogP contribution in [0.5, 0.6) is 0 Å². The molecule has 7 heteroatoms. The number of aliphatic hydroxyl groups excluding tert-OH is 1. The van der Waals surface area contributed by atoms with Crippen molar-refractivity contribution in [1.82, 2.24) is 4.90 Å². The van der Waals surface area contributed by atoms with Crippen LogP contribution in [0.1, 0.15) is 52.9 Å². The van der Waals surface area contributed by atoms with Crippen molar-refractivity contribution in [1.29, 1.82) is 0 Å². The predicted molar refractivity (Wildman–Crippen MR) is 91.1 cm³/mol. The number of methoxy groups -OCH3 is 1. The first kappa shape index (κ1) is 20.0. The average molecular weight is 357 g/mol. The molecule has 2 rings (SSSR count). The fourth-order valence-corrected chi connectivity index (χ4v) is 3.47. The van der Waals surface area contributed by atoms with Gasteiger partial charge in [-0.25, -0.2) is 4.79 Å². The van der Waals surface area contributed by atoms with Crippen molar-refractivity contribution in [3.8, 4) is 0 Å². The summed E-state index contributed by atoms with van der Waals surface area (Å²) in [6, 6.07) is -0.178. The van der Waals surface area contributed by atoms with Gasteiger partial charge < -0.3 is 24.2 Å². The molecule has 144 valence electrons. The van der Waals surface area contributed by atoms with E-state index in [4.69, 9.17) is 14.2 Å². The van der Waals surface area contributed by atoms with Gasteiger partial charge in [0.15, 0.2) is 0 Å². The Bertz CT molecular complexity index is 467. The fourth-order valence-electron chi connectivity index (χ4n) is 3.47. The monoisotopic (exact) mass is 357 g/mol. The van der Waals surface area contributed by atoms with E-state index in [-0.39, 0.29) is 30.6 Å². The van der Waals surface area contributed by atoms with E-state index in [1.165, 1.54) is 7.11 Å². The zero-order valence-electron chi connectivity index (χ0n) is 15.7. The minimum atomic E-state index is -0.567. The normalized spacial score (nSPS) is 30.2. The molecule has 0 radical (unpaired) electrons. The molecular formula is C18H31NO6. The van der Waals surface area contributed by atoms with Crippen molar-refractivity contribution in [3.63, 3.8) is 0 Å². The third-order valence-corrected chi connectivity index (χ3v) is 4.75. The molecule has 1 amide bonds. The number of amides is 1. The summed E-state index contributed by atoms with van der Waals surface area (Å²) in [5.41, 5.74) is -0.567. The van der Waals surface area contributed by atoms with Crippen LogP contribution in [0.4, 0.5) is 4.79 Å². The van der Waals surface area contributed by atoms with Crippen LogP contribution in [-0.2, 0) is 19.0 Å². The van der Waals surface area contributed by atoms with Gasteiger partial charge in [-0.2, -0.15) is 0 Å². The maximum Gasteiger partial charge on any atom is 0.410 e. The maximum absolute atomic E-state index is 12.3. The second kappa shape index (κ2) is 8.36. The van der Waals surface area contributed by atoms with Gasteiger partial charge in [-0.15, -0.1) is 0 Å². The van der Waals surface area contributed by atoms with Crippen LogP contribution in [0.2, 0.25) is 0 Å². The van der Waals surface area contributed by atoms with Crippen molar-refractivity contribution >= 4 is 12.1 Å². The Morgan fingerprint density at radius 1 is 1.16 bits per heavy atom. The number of carbonyl (C=O) groups is 2. The first-order valence-electron chi connectivity index (χ1n) is 9.06. The Morgan fingerprint density at radius 3 is 2.36 bits per heavy atom. The van der Waals surface area contributed by atoms with E-state index in [1.54, 1.807) is 4.90 Å². The lowest BCUT2D eigenvalue weighted by atomic mass is 9.87. The van der Waals surface area contributed by atoms with E-state index < -0.39 is 17.8 Å². The van der Waals surface area contributed by atoms with Gasteiger partial charge in [0.25, 0.3) is 0 Å². The number of nitrogens with zero attached hydrogens (tertiary/aromatic N) is 1. The number of carbonyl (C=O) groups excluding carboxylic acids is 2. The van der Waals surface area contributed by atoms with Crippen LogP contribution < -0.4 is 0 Å². The van der Waals surface area contributed by atoms with Crippen LogP contribution in [0.15, 0.2) is 0 Å². The molecule has 2 aliphatic rings. The second-order valence-electron chi connectivity index (χ2n) is 8.01. The van der Waals surface area contributed by atoms with Crippen molar-refractivity contribution in [3.05, 3.63) is 0 Å². The third-order valence-electron chi connectivity index (χ3n) is 4.75. The fraction of sp³-hybridized carbons (Fsp3) is 0.889. The number of aliphatic hydroxyl groups is 1. The lowest BCUT2D eigenvalue weighted by Gasteiger charge is -2.31. The maximum atomic E-state index is 12.3. The Kier molecular flexibility index (Phi) is 6.68. The van der Waals surface area contributed by atoms with Crippen LogP contribution in [0, 0.1) is 5.92 Å². The highest BCUT2D eigenvalue weighted by atomic mass is 16.6. The molecule has 1 heterocycles. The Labute approximate surface area is 149 Å². The van der Waals surface area contributed by atoms with Crippen LogP contribution in [-0.4, -0.2) is 66.2 Å². The number of β-amino-alcohol motifs (C(OH)–C–C–N with tert-alkyl or cyclic N) is 1. The third kappa shape index (κ3) is 5.85. The molecule has 0 bridgehead atoms. The molecule has 1 saturated heterocycles. The molecule has 0 aromatic carbocycles. The van der Waals surface area contributed by atoms with Crippen LogP contribution >= 0.6 is 0 Å². The van der Waals surface area contributed by atoms with E-state index in [1.807, 2.05) is 20.8 Å². The quantitative estimate of drug-likeness (QED) is 0.776. The van der Waals surface area contributed by atoms with Gasteiger partial charge in [-0.05, 0) is 52.9 Å². The van der Waals surface area contributed by atoms with Crippen molar-refractivity contribution < 1.29 is 28.9 Å². The zero-order valence-corrected chi connectivity index (χ0v) is 15.7. The molecule has 25 heavy (non-hydrogen) atoms. The summed E-state index contributed by atoms with van der Waals surface area (Å²) >= 11 is 0. The lowest BCUT2D eigenvalue weighted by molar-refractivity contribution is -0.147. The number of rotatable bonds is 4. The van der Waals surface area contributed by atoms with E-state index in [0.717, 1.165) is 25.7 Å². The average Bonchev–Trinajstić information content (AvgIpc) is 2.92. The van der Waals surface area contributed by atoms with Crippen molar-refractivity contribution in [2.24, 2.45) is 5.92 Å². The van der Waals surface area contributed by atoms with Gasteiger partial charge in [-0.3, -0.25) is 4.79 Å². The first-order valence-corrected chi connectivity index (χ1v) is 9.06. The topological polar surface area (TPSA) is 85.3 Å². The molecule has 2 atom stereocenters. The second-order valence-corrected chi connectivity index (χ2v) is 8.01. The van der Waals surface area contributed by atoms with E-state index >= 15 is 0 Å². The number of likely N-dealkylation sites (tertiary alicyclic amines) is 1. The molecule has 2 fully saturated rings. The summed E-state index contributed by atoms with van der Waals surface area (Å²) in [7, 11) is 1.42. The molecule has 1 N–H and O–H groups in total. The summed E-state index contributed by atoms with van der Waals surface area (Å²) in [5.74, 6) is -0.176. The Balaban J connectivity index is 1.81. The van der Waals surface area contributed by atoms with Gasteiger partial charge in [0.1, 0.15) is 5.60 Å². The molecule has 0 spiro atoms. The molecule has 1 aliphatic heterocycles. The van der Waals surface area contributed by atoms with Gasteiger partial charge in [0.2, 0.25) is 0 Å². The zero-order chi connectivity index (χ0) is 18.6. The summed E-state index contributed by atoms with van der Waals surface area (Å²) in [5, 5.41) is 9.92. The summed E-state index contributed by atoms with van der Waals surface area (Å²) in [6.07, 6.45) is 2.77. The summed E-state index contributed by atoms with van der Waals surface area (Å²) in [4.78, 5) is 25.4. The highest BCUT2D eigenvalue weighted by Gasteiger charge is 2.37. The van der Waals surface area contributed by atoms with Crippen LogP contribution in [0.3, 0.4) is 0 Å². The molecule has 1 saturated carbocycles. The van der Waals surface area contributed by atoms with Crippen LogP contribution in [0.25, 0.3) is 0 Å². The number of hydrogen-bond donors (Lipinski definition) is 1. The summed E-state index contributed by atoms with van der Waals surface area (Å²) < 4.78 is 16.2. The molecule has 0 aromatic rings. The van der Waals surface area contributed by atoms with E-state index in [9.17, 15) is 14.7 Å². The molecule has 7 nitrogen and oxygen atoms in total. The number of esters is 1. The highest BCUT2D eigenvalue weighted by Crippen LogP contribution is 2.28. The Hall–Kier alpha value is -1.34. The molecule has 0 aromatic heterocycles. The largest absolute Gasteiger partial charge is 0.469 e. The van der Waals surface area contributed by atoms with Gasteiger partial charge >= 0.3 is 12.1 Å². The van der Waals surface area contributed by atoms with Gasteiger partial charge in [0, 0.05) is 0 Å². The Morgan fingerprint density at radius 2 is 1.80 bits per heavy atom. The van der Waals surface area contributed by atoms with Gasteiger partial charge in [-0.1, -0.05) is 0 Å². The minimum Gasteiger partial charge on any atom is -0.469 e. The smallest absolute Gasteiger partial charge is 0.410 e. The number of ether oxygens (including phenoxy) is 3. The lowest BCUT2D eigenvalue weighted by Crippen LogP contribution is -2.42. The van der Waals surface area contributed by atoms with Crippen molar-refractivity contribution in [2.75, 3.05) is 20.3 Å². The molecule has 1 aliphatic carbocycles. The predicted octanol–water partition coefficient (Wildman–Crippen LogP) is 2.11. The standard InChI is InChI=1S/C18H31NO6/c1-18(2,3)25-17(22)19-10-14(20)9-13(19)11-24-15-7-5-12(6-8-15)16(21)23-4/h12-15,20H,5-11H2,1-4H3/t12?,13-,14-,15?/m0/s1. The first-order chi connectivity index (χ1) is 11.7. The summed E-state index contributed by atoms with van der Waals surface area (Å²) in [6.45, 7) is 6.12. The SMILES string of the molecule is COC(=O)C1CCC(OC[C@@H]2C[C@H](O)CN2C(=O)OC(C)(C)C)CC1. The van der Waals surface area contributed by atoms with E-state index in [0.29, 0.717) is 13.0 Å². The van der Waals surface area contributed by atoms with Gasteiger partial charge in [0.05, 0.1) is 44.4 Å². The number of hydrogen-bond acceptors (Lipinski definition) is 6.